The molecule has 2 aromatic heterocycles. The summed E-state index contributed by atoms with van der Waals surface area (Å²) in [7, 11) is 0. The molecule has 38 heavy (non-hydrogen) atoms. The maximum Gasteiger partial charge on any atom is 0.274 e. The standard InChI is InChI=1S/C33H34N4O/c1-25-15-16-30-29(22-25)32(26-10-4-2-5-11-26)33(27-12-6-3-7-13-27)37(30)24-28(38)23-35-18-20-36(21-19-35)31-14-8-9-17-34-31/h2-17,22,28,38H,18-21,23-24H2,1H3/p+2/t28-/m0/s1. The van der Waals surface area contributed by atoms with Gasteiger partial charge in [0.2, 0.25) is 0 Å². The van der Waals surface area contributed by atoms with Gasteiger partial charge in [-0.05, 0) is 36.2 Å². The smallest absolute Gasteiger partial charge is 0.274 e. The third-order valence-corrected chi connectivity index (χ3v) is 7.75. The Morgan fingerprint density at radius 2 is 1.53 bits per heavy atom. The molecular formula is C33H36N4O+2. The van der Waals surface area contributed by atoms with Crippen LogP contribution in [0.25, 0.3) is 33.3 Å². The van der Waals surface area contributed by atoms with Gasteiger partial charge in [-0.3, -0.25) is 4.90 Å². The van der Waals surface area contributed by atoms with Crippen LogP contribution in [0.1, 0.15) is 5.56 Å². The van der Waals surface area contributed by atoms with Crippen LogP contribution in [0.5, 0.6) is 0 Å². The second kappa shape index (κ2) is 10.8. The van der Waals surface area contributed by atoms with Crippen molar-refractivity contribution in [1.29, 1.82) is 0 Å². The summed E-state index contributed by atoms with van der Waals surface area (Å²) < 4.78 is 2.35. The first-order valence-electron chi connectivity index (χ1n) is 13.6. The van der Waals surface area contributed by atoms with Crippen molar-refractivity contribution in [3.8, 4) is 22.4 Å². The molecule has 0 spiro atoms. The maximum absolute atomic E-state index is 11.4. The topological polar surface area (TPSA) is 47.0 Å². The van der Waals surface area contributed by atoms with Crippen LogP contribution < -0.4 is 14.8 Å². The van der Waals surface area contributed by atoms with E-state index in [0.717, 1.165) is 32.7 Å². The van der Waals surface area contributed by atoms with Gasteiger partial charge in [0.1, 0.15) is 38.8 Å². The van der Waals surface area contributed by atoms with Crippen LogP contribution in [0.4, 0.5) is 5.82 Å². The molecule has 6 rings (SSSR count). The first kappa shape index (κ1) is 24.4. The zero-order chi connectivity index (χ0) is 25.9. The maximum atomic E-state index is 11.4. The SMILES string of the molecule is Cc1ccc2c(c1)c(-c1ccccc1)c(-c1ccccc1)n2C[C@@H](O)C[NH+]1CCN(c2cccc[nH+]2)CC1. The minimum atomic E-state index is -0.442. The Labute approximate surface area is 224 Å². The monoisotopic (exact) mass is 504 g/mol. The Hall–Kier alpha value is -3.93. The van der Waals surface area contributed by atoms with Crippen molar-refractivity contribution in [2.75, 3.05) is 37.6 Å². The predicted octanol–water partition coefficient (Wildman–Crippen LogP) is 3.86. The van der Waals surface area contributed by atoms with Crippen LogP contribution in [0.15, 0.2) is 103 Å². The van der Waals surface area contributed by atoms with Gasteiger partial charge in [0.25, 0.3) is 5.82 Å². The van der Waals surface area contributed by atoms with E-state index in [9.17, 15) is 5.11 Å². The van der Waals surface area contributed by atoms with E-state index < -0.39 is 6.10 Å². The average molecular weight is 505 g/mol. The van der Waals surface area contributed by atoms with E-state index >= 15 is 0 Å². The molecule has 0 saturated carbocycles. The van der Waals surface area contributed by atoms with E-state index in [1.807, 2.05) is 12.3 Å². The molecule has 0 aliphatic carbocycles. The van der Waals surface area contributed by atoms with Crippen molar-refractivity contribution in [2.24, 2.45) is 0 Å². The number of quaternary nitrogens is 1. The molecule has 1 atom stereocenters. The second-order valence-corrected chi connectivity index (χ2v) is 10.4. The highest BCUT2D eigenvalue weighted by atomic mass is 16.3. The summed E-state index contributed by atoms with van der Waals surface area (Å²) in [6, 6.07) is 34.2. The molecule has 0 unspecified atom stereocenters. The van der Waals surface area contributed by atoms with Gasteiger partial charge in [-0.25, -0.2) is 4.98 Å². The van der Waals surface area contributed by atoms with Crippen molar-refractivity contribution in [1.82, 2.24) is 4.57 Å². The highest BCUT2D eigenvalue weighted by Crippen LogP contribution is 2.41. The molecule has 1 saturated heterocycles. The van der Waals surface area contributed by atoms with Crippen molar-refractivity contribution in [3.63, 3.8) is 0 Å². The van der Waals surface area contributed by atoms with E-state index in [1.54, 1.807) is 0 Å². The lowest BCUT2D eigenvalue weighted by molar-refractivity contribution is -0.903. The number of piperazine rings is 1. The first-order valence-corrected chi connectivity index (χ1v) is 13.6. The van der Waals surface area contributed by atoms with Crippen LogP contribution in [0, 0.1) is 6.92 Å². The molecule has 3 heterocycles. The molecule has 192 valence electrons. The van der Waals surface area contributed by atoms with Crippen LogP contribution >= 0.6 is 0 Å². The summed E-state index contributed by atoms with van der Waals surface area (Å²) in [6.07, 6.45) is 1.54. The lowest BCUT2D eigenvalue weighted by Gasteiger charge is -2.30. The third kappa shape index (κ3) is 4.95. The van der Waals surface area contributed by atoms with Gasteiger partial charge in [-0.2, -0.15) is 0 Å². The number of hydrogen-bond acceptors (Lipinski definition) is 2. The van der Waals surface area contributed by atoms with E-state index in [-0.39, 0.29) is 0 Å². The number of H-pyrrole nitrogens is 1. The molecule has 0 amide bonds. The molecule has 1 aliphatic rings. The Morgan fingerprint density at radius 1 is 0.842 bits per heavy atom. The molecule has 3 N–H and O–H groups in total. The number of aliphatic hydroxyl groups is 1. The molecule has 3 aromatic carbocycles. The van der Waals surface area contributed by atoms with Crippen LogP contribution in [0.2, 0.25) is 0 Å². The van der Waals surface area contributed by atoms with Crippen LogP contribution in [-0.2, 0) is 6.54 Å². The molecule has 0 radical (unpaired) electrons. The summed E-state index contributed by atoms with van der Waals surface area (Å²) >= 11 is 0. The lowest BCUT2D eigenvalue weighted by atomic mass is 9.98. The molecule has 5 nitrogen and oxygen atoms in total. The van der Waals surface area contributed by atoms with Crippen molar-refractivity contribution < 1.29 is 15.0 Å². The van der Waals surface area contributed by atoms with E-state index in [1.165, 1.54) is 49.6 Å². The van der Waals surface area contributed by atoms with Crippen LogP contribution in [-0.4, -0.2) is 48.5 Å². The summed E-state index contributed by atoms with van der Waals surface area (Å²) in [5.41, 5.74) is 7.21. The zero-order valence-electron chi connectivity index (χ0n) is 22.0. The Morgan fingerprint density at radius 3 is 2.21 bits per heavy atom. The average Bonchev–Trinajstić information content (AvgIpc) is 3.27. The number of anilines is 1. The number of aliphatic hydroxyl groups excluding tert-OH is 1. The van der Waals surface area contributed by atoms with Gasteiger partial charge in [0.15, 0.2) is 0 Å². The Kier molecular flexibility index (Phi) is 6.95. The van der Waals surface area contributed by atoms with Gasteiger partial charge in [-0.1, -0.05) is 78.4 Å². The molecule has 5 heteroatoms. The Bertz CT molecular complexity index is 1490. The van der Waals surface area contributed by atoms with Crippen molar-refractivity contribution in [2.45, 2.75) is 19.6 Å². The summed E-state index contributed by atoms with van der Waals surface area (Å²) in [5.74, 6) is 1.17. The predicted molar refractivity (Wildman–Crippen MR) is 154 cm³/mol. The van der Waals surface area contributed by atoms with Gasteiger partial charge in [-0.15, -0.1) is 0 Å². The fourth-order valence-electron chi connectivity index (χ4n) is 5.91. The summed E-state index contributed by atoms with van der Waals surface area (Å²) in [5, 5.41) is 12.7. The van der Waals surface area contributed by atoms with E-state index in [0.29, 0.717) is 6.54 Å². The summed E-state index contributed by atoms with van der Waals surface area (Å²) in [4.78, 5) is 7.21. The zero-order valence-corrected chi connectivity index (χ0v) is 22.0. The number of nitrogens with zero attached hydrogens (tertiary/aromatic N) is 2. The number of benzene rings is 3. The van der Waals surface area contributed by atoms with E-state index in [2.05, 4.69) is 112 Å². The summed E-state index contributed by atoms with van der Waals surface area (Å²) in [6.45, 7) is 7.48. The number of nitrogens with one attached hydrogen (secondary N) is 2. The highest BCUT2D eigenvalue weighted by Gasteiger charge is 2.28. The van der Waals surface area contributed by atoms with Crippen molar-refractivity contribution >= 4 is 16.7 Å². The van der Waals surface area contributed by atoms with Gasteiger partial charge >= 0.3 is 0 Å². The molecule has 1 fully saturated rings. The fourth-order valence-corrected chi connectivity index (χ4v) is 5.91. The lowest BCUT2D eigenvalue weighted by Crippen LogP contribution is -3.16. The minimum Gasteiger partial charge on any atom is -0.385 e. The number of rotatable bonds is 7. The first-order chi connectivity index (χ1) is 18.7. The van der Waals surface area contributed by atoms with Gasteiger partial charge in [0.05, 0.1) is 18.4 Å². The molecule has 0 bridgehead atoms. The minimum absolute atomic E-state index is 0.442. The number of aryl methyl sites for hydroxylation is 1. The number of aromatic amines is 1. The Balaban J connectivity index is 1.31. The number of pyridine rings is 1. The second-order valence-electron chi connectivity index (χ2n) is 10.4. The number of hydrogen-bond donors (Lipinski definition) is 2. The normalized spacial score (nSPS) is 15.2. The molecule has 1 aliphatic heterocycles. The fraction of sp³-hybridized carbons (Fsp3) is 0.242. The van der Waals surface area contributed by atoms with Crippen molar-refractivity contribution in [3.05, 3.63) is 109 Å². The number of aromatic nitrogens is 2. The van der Waals surface area contributed by atoms with Gasteiger partial charge in [0, 0.05) is 22.5 Å². The largest absolute Gasteiger partial charge is 0.385 e. The third-order valence-electron chi connectivity index (χ3n) is 7.75. The number of fused-ring (bicyclic) bond motifs is 1. The molecule has 5 aromatic rings. The van der Waals surface area contributed by atoms with Crippen LogP contribution in [0.3, 0.4) is 0 Å². The quantitative estimate of drug-likeness (QED) is 0.354. The van der Waals surface area contributed by atoms with E-state index in [4.69, 9.17) is 0 Å². The van der Waals surface area contributed by atoms with Gasteiger partial charge < -0.3 is 14.6 Å². The highest BCUT2D eigenvalue weighted by molar-refractivity contribution is 6.04. The molecular weight excluding hydrogens is 468 g/mol.